The summed E-state index contributed by atoms with van der Waals surface area (Å²) in [5, 5.41) is 16.7. The number of alkyl halides is 2. The van der Waals surface area contributed by atoms with E-state index in [0.29, 0.717) is 6.42 Å². The first kappa shape index (κ1) is 24.1. The fraction of sp³-hybridized carbons (Fsp3) is 0.778. The number of halogens is 2. The highest BCUT2D eigenvalue weighted by Crippen LogP contribution is 1.79. The summed E-state index contributed by atoms with van der Waals surface area (Å²) >= 11 is 9.53. The summed E-state index contributed by atoms with van der Waals surface area (Å²) in [5.74, 6) is -0.794. The lowest BCUT2D eigenvalue weighted by molar-refractivity contribution is -0.305. The molecule has 0 aromatic carbocycles. The van der Waals surface area contributed by atoms with Gasteiger partial charge in [-0.15, -0.1) is 23.2 Å². The molecule has 0 saturated heterocycles. The summed E-state index contributed by atoms with van der Waals surface area (Å²) in [7, 11) is 1.00. The molecule has 1 N–H and O–H groups in total. The summed E-state index contributed by atoms with van der Waals surface area (Å²) < 4.78 is 0. The van der Waals surface area contributed by atoms with Gasteiger partial charge in [0, 0.05) is 13.1 Å². The minimum Gasteiger partial charge on any atom is -0.550 e. The van der Waals surface area contributed by atoms with Crippen molar-refractivity contribution in [2.75, 3.05) is 12.4 Å². The van der Waals surface area contributed by atoms with Gasteiger partial charge in [-0.05, 0) is 20.3 Å². The van der Waals surface area contributed by atoms with Crippen molar-refractivity contribution in [1.82, 2.24) is 0 Å². The van der Waals surface area contributed by atoms with Crippen molar-refractivity contribution in [3.63, 3.8) is 0 Å². The Hall–Kier alpha value is -0.320. The average Bonchev–Trinajstić information content (AvgIpc) is 2.07. The minimum atomic E-state index is -0.961. The molecule has 0 bridgehead atoms. The van der Waals surface area contributed by atoms with Crippen LogP contribution < -0.4 is 5.11 Å². The second kappa shape index (κ2) is 29.2. The third-order valence-electron chi connectivity index (χ3n) is 0.454. The molecule has 0 heterocycles. The van der Waals surface area contributed by atoms with Gasteiger partial charge in [-0.25, -0.2) is 0 Å². The number of hydrogen-bond acceptors (Lipinski definition) is 4. The predicted molar refractivity (Wildman–Crippen MR) is 61.0 cm³/mol. The fourth-order valence-electron chi connectivity index (χ4n) is 0.204. The van der Waals surface area contributed by atoms with Gasteiger partial charge < -0.3 is 19.8 Å². The van der Waals surface area contributed by atoms with Crippen molar-refractivity contribution in [2.45, 2.75) is 33.6 Å². The second-order valence-corrected chi connectivity index (χ2v) is 2.94. The molecule has 0 unspecified atom stereocenters. The molecule has 15 heavy (non-hydrogen) atoms. The molecular weight excluding hydrogens is 243 g/mol. The highest BCUT2D eigenvalue weighted by molar-refractivity contribution is 6.40. The van der Waals surface area contributed by atoms with Crippen LogP contribution in [0.1, 0.15) is 33.6 Å². The average molecular weight is 262 g/mol. The maximum atomic E-state index is 9.49. The van der Waals surface area contributed by atoms with Crippen LogP contribution in [0.3, 0.4) is 0 Å². The van der Waals surface area contributed by atoms with E-state index in [9.17, 15) is 14.7 Å². The number of Topliss-reactive ketones (excluding diaryl/α,β-unsaturated/α-hetero) is 1. The number of aliphatic carboxylic acids is 1. The first-order chi connectivity index (χ1) is 6.92. The lowest BCUT2D eigenvalue weighted by Gasteiger charge is -1.92. The highest BCUT2D eigenvalue weighted by Gasteiger charge is 1.75. The normalized spacial score (nSPS) is 6.60. The zero-order chi connectivity index (χ0) is 13.3. The minimum absolute atomic E-state index is 0.167. The number of carboxylic acids is 1. The third kappa shape index (κ3) is 260. The van der Waals surface area contributed by atoms with Crippen molar-refractivity contribution in [3.8, 4) is 0 Å². The number of ketones is 1. The van der Waals surface area contributed by atoms with Crippen LogP contribution in [0, 0.1) is 0 Å². The van der Waals surface area contributed by atoms with Crippen molar-refractivity contribution in [3.05, 3.63) is 0 Å². The Morgan fingerprint density at radius 3 is 1.40 bits per heavy atom. The summed E-state index contributed by atoms with van der Waals surface area (Å²) in [6.45, 7) is 4.86. The van der Waals surface area contributed by atoms with Crippen LogP contribution in [0.25, 0.3) is 0 Å². The first-order valence-corrected chi connectivity index (χ1v) is 5.22. The summed E-state index contributed by atoms with van der Waals surface area (Å²) in [4.78, 5) is 18.9. The van der Waals surface area contributed by atoms with E-state index in [-0.39, 0.29) is 17.5 Å². The van der Waals surface area contributed by atoms with Crippen LogP contribution in [-0.2, 0) is 9.59 Å². The van der Waals surface area contributed by atoms with Crippen molar-refractivity contribution in [1.29, 1.82) is 0 Å². The van der Waals surface area contributed by atoms with E-state index in [1.54, 1.807) is 6.92 Å². The standard InChI is InChI=1S/C4H8O2.C3H6O.CH2Cl2.CH4O/c1-2-3-4(5)6;1-3(2)4;2-1-3;1-2/h2-3H2,1H3,(H,5,6);1-2H3;1H2;2H,1H3/p-1. The van der Waals surface area contributed by atoms with Crippen molar-refractivity contribution < 1.29 is 19.8 Å². The number of carboxylic acid groups (broad SMARTS) is 1. The van der Waals surface area contributed by atoms with Gasteiger partial charge in [0.2, 0.25) is 0 Å². The predicted octanol–water partition coefficient (Wildman–Crippen LogP) is 1.16. The number of carbonyl (C=O) groups is 2. The molecule has 0 aromatic heterocycles. The van der Waals surface area contributed by atoms with Gasteiger partial charge in [0.25, 0.3) is 0 Å². The second-order valence-electron chi connectivity index (χ2n) is 2.13. The number of aliphatic hydroxyl groups excluding tert-OH is 1. The Kier molecular flexibility index (Phi) is 46.9. The quantitative estimate of drug-likeness (QED) is 0.757. The number of rotatable bonds is 2. The summed E-state index contributed by atoms with van der Waals surface area (Å²) in [6, 6.07) is 0. The van der Waals surface area contributed by atoms with E-state index in [2.05, 4.69) is 0 Å². The van der Waals surface area contributed by atoms with E-state index in [4.69, 9.17) is 28.3 Å². The maximum Gasteiger partial charge on any atom is 0.126 e. The molecule has 0 amide bonds. The first-order valence-electron chi connectivity index (χ1n) is 4.15. The van der Waals surface area contributed by atoms with Gasteiger partial charge in [0.15, 0.2) is 0 Å². The van der Waals surface area contributed by atoms with Crippen LogP contribution in [0.15, 0.2) is 0 Å². The zero-order valence-corrected chi connectivity index (χ0v) is 11.1. The third-order valence-corrected chi connectivity index (χ3v) is 0.454. The molecular formula is C9H19Cl2O4-. The molecule has 0 aromatic rings. The van der Waals surface area contributed by atoms with Crippen LogP contribution in [0.4, 0.5) is 0 Å². The van der Waals surface area contributed by atoms with Crippen LogP contribution in [-0.4, -0.2) is 29.3 Å². The van der Waals surface area contributed by atoms with Crippen LogP contribution in [0.2, 0.25) is 0 Å². The smallest absolute Gasteiger partial charge is 0.126 e. The fourth-order valence-corrected chi connectivity index (χ4v) is 0.204. The number of aliphatic hydroxyl groups is 1. The van der Waals surface area contributed by atoms with Crippen LogP contribution in [0.5, 0.6) is 0 Å². The van der Waals surface area contributed by atoms with Gasteiger partial charge >= 0.3 is 0 Å². The molecule has 4 nitrogen and oxygen atoms in total. The molecule has 0 radical (unpaired) electrons. The van der Waals surface area contributed by atoms with E-state index in [1.165, 1.54) is 13.8 Å². The maximum absolute atomic E-state index is 9.49. The number of hydrogen-bond donors (Lipinski definition) is 1. The number of carbonyl (C=O) groups excluding carboxylic acids is 2. The van der Waals surface area contributed by atoms with E-state index in [0.717, 1.165) is 7.11 Å². The van der Waals surface area contributed by atoms with Gasteiger partial charge in [0.05, 0.1) is 5.34 Å². The van der Waals surface area contributed by atoms with Crippen molar-refractivity contribution in [2.24, 2.45) is 0 Å². The summed E-state index contributed by atoms with van der Waals surface area (Å²) in [6.07, 6.45) is 0.850. The lowest BCUT2D eigenvalue weighted by atomic mass is 10.4. The highest BCUT2D eigenvalue weighted by atomic mass is 35.5. The Bertz CT molecular complexity index is 125. The van der Waals surface area contributed by atoms with Gasteiger partial charge in [0.1, 0.15) is 5.78 Å². The topological polar surface area (TPSA) is 77.4 Å². The molecule has 0 aliphatic rings. The molecule has 0 spiro atoms. The van der Waals surface area contributed by atoms with E-state index in [1.807, 2.05) is 0 Å². The summed E-state index contributed by atoms with van der Waals surface area (Å²) in [5.41, 5.74) is 0. The molecule has 0 saturated carbocycles. The molecule has 0 rings (SSSR count). The largest absolute Gasteiger partial charge is 0.550 e. The molecule has 0 fully saturated rings. The van der Waals surface area contributed by atoms with Crippen molar-refractivity contribution >= 4 is 35.0 Å². The molecule has 94 valence electrons. The van der Waals surface area contributed by atoms with E-state index >= 15 is 0 Å². The molecule has 0 aliphatic heterocycles. The SMILES string of the molecule is CC(C)=O.CCCC(=O)[O-].CO.ClCCl. The Morgan fingerprint density at radius 2 is 1.40 bits per heavy atom. The Balaban J connectivity index is -0.0000000590. The Morgan fingerprint density at radius 1 is 1.20 bits per heavy atom. The molecule has 0 aliphatic carbocycles. The van der Waals surface area contributed by atoms with Crippen LogP contribution >= 0.6 is 23.2 Å². The van der Waals surface area contributed by atoms with Gasteiger partial charge in [-0.3, -0.25) is 0 Å². The lowest BCUT2D eigenvalue weighted by Crippen LogP contribution is -2.20. The molecule has 6 heteroatoms. The van der Waals surface area contributed by atoms with Gasteiger partial charge in [-0.2, -0.15) is 0 Å². The Labute approximate surface area is 101 Å². The monoisotopic (exact) mass is 261 g/mol. The molecule has 0 atom stereocenters. The zero-order valence-electron chi connectivity index (χ0n) is 9.55. The van der Waals surface area contributed by atoms with E-state index < -0.39 is 5.97 Å². The van der Waals surface area contributed by atoms with Gasteiger partial charge in [-0.1, -0.05) is 13.3 Å².